The van der Waals surface area contributed by atoms with Crippen LogP contribution in [0.2, 0.25) is 19.6 Å². The summed E-state index contributed by atoms with van der Waals surface area (Å²) in [6.07, 6.45) is 3.23. The Hall–Kier alpha value is 0.0469. The lowest BCUT2D eigenvalue weighted by Crippen LogP contribution is -2.24. The van der Waals surface area contributed by atoms with Crippen LogP contribution in [-0.4, -0.2) is 8.32 Å². The lowest BCUT2D eigenvalue weighted by molar-refractivity contribution is 0.407. The Kier molecular flexibility index (Phi) is 2.65. The van der Waals surface area contributed by atoms with E-state index in [2.05, 4.69) is 19.6 Å². The van der Waals surface area contributed by atoms with Crippen molar-refractivity contribution < 1.29 is 4.43 Å². The average Bonchev–Trinajstić information content (AvgIpc) is 2.12. The van der Waals surface area contributed by atoms with Crippen LogP contribution in [0.15, 0.2) is 10.8 Å². The largest absolute Gasteiger partial charge is 0.546 e. The zero-order valence-corrected chi connectivity index (χ0v) is 9.16. The minimum Gasteiger partial charge on any atom is -0.546 e. The first-order valence-electron chi connectivity index (χ1n) is 4.05. The third-order valence-electron chi connectivity index (χ3n) is 1.53. The first kappa shape index (κ1) is 9.14. The highest BCUT2D eigenvalue weighted by Gasteiger charge is 2.22. The van der Waals surface area contributed by atoms with Crippen molar-refractivity contribution >= 4 is 19.9 Å². The maximum Gasteiger partial charge on any atom is 0.241 e. The van der Waals surface area contributed by atoms with Crippen molar-refractivity contribution in [2.75, 3.05) is 0 Å². The Morgan fingerprint density at radius 1 is 1.27 bits per heavy atom. The van der Waals surface area contributed by atoms with Crippen molar-refractivity contribution in [3.8, 4) is 0 Å². The molecular weight excluding hydrogens is 176 g/mol. The third-order valence-corrected chi connectivity index (χ3v) is 2.79. The highest BCUT2D eigenvalue weighted by atomic mass is 35.5. The van der Waals surface area contributed by atoms with E-state index in [0.29, 0.717) is 0 Å². The number of halogens is 1. The van der Waals surface area contributed by atoms with Crippen LogP contribution in [-0.2, 0) is 4.43 Å². The van der Waals surface area contributed by atoms with Gasteiger partial charge in [-0.3, -0.25) is 0 Å². The summed E-state index contributed by atoms with van der Waals surface area (Å²) in [5.74, 6) is 1.06. The lowest BCUT2D eigenvalue weighted by Gasteiger charge is -2.20. The van der Waals surface area contributed by atoms with Gasteiger partial charge in [0.1, 0.15) is 0 Å². The van der Waals surface area contributed by atoms with Crippen LogP contribution in [0.3, 0.4) is 0 Å². The van der Waals surface area contributed by atoms with Gasteiger partial charge in [0.15, 0.2) is 0 Å². The molecule has 1 aliphatic rings. The number of rotatable bonds is 2. The molecule has 1 aliphatic carbocycles. The molecule has 0 aromatic heterocycles. The molecule has 0 aromatic rings. The lowest BCUT2D eigenvalue weighted by atomic mass is 10.4. The zero-order valence-electron chi connectivity index (χ0n) is 7.41. The third kappa shape index (κ3) is 2.87. The summed E-state index contributed by atoms with van der Waals surface area (Å²) >= 11 is 5.96. The summed E-state index contributed by atoms with van der Waals surface area (Å²) in [5.41, 5.74) is 0. The van der Waals surface area contributed by atoms with Crippen LogP contribution >= 0.6 is 11.6 Å². The van der Waals surface area contributed by atoms with Crippen LogP contribution in [0.1, 0.15) is 19.3 Å². The summed E-state index contributed by atoms with van der Waals surface area (Å²) in [7, 11) is -1.41. The summed E-state index contributed by atoms with van der Waals surface area (Å²) in [6.45, 7) is 6.55. The Bertz CT molecular complexity index is 181. The monoisotopic (exact) mass is 190 g/mol. The molecule has 1 rings (SSSR count). The van der Waals surface area contributed by atoms with Gasteiger partial charge in [0.05, 0.1) is 10.8 Å². The molecule has 0 fully saturated rings. The summed E-state index contributed by atoms with van der Waals surface area (Å²) in [4.78, 5) is 0. The molecule has 0 saturated heterocycles. The summed E-state index contributed by atoms with van der Waals surface area (Å²) < 4.78 is 5.80. The topological polar surface area (TPSA) is 9.23 Å². The van der Waals surface area contributed by atoms with Gasteiger partial charge in [-0.2, -0.15) is 0 Å². The number of hydrogen-bond donors (Lipinski definition) is 0. The number of hydrogen-bond acceptors (Lipinski definition) is 1. The molecule has 64 valence electrons. The van der Waals surface area contributed by atoms with Gasteiger partial charge >= 0.3 is 0 Å². The van der Waals surface area contributed by atoms with Gasteiger partial charge < -0.3 is 4.43 Å². The second kappa shape index (κ2) is 3.19. The fourth-order valence-electron chi connectivity index (χ4n) is 1.16. The standard InChI is InChI=1S/C8H15ClOSi/c1-11(2,3)10-8-6-4-5-7(8)9/h4-6H2,1-3H3. The minimum absolute atomic E-state index is 0.951. The molecule has 0 heterocycles. The zero-order chi connectivity index (χ0) is 8.48. The van der Waals surface area contributed by atoms with Crippen LogP contribution in [0.4, 0.5) is 0 Å². The molecule has 0 bridgehead atoms. The SMILES string of the molecule is C[Si](C)(C)OC1=C(Cl)CCC1. The fourth-order valence-corrected chi connectivity index (χ4v) is 2.45. The molecule has 0 N–H and O–H groups in total. The molecule has 0 saturated carbocycles. The Morgan fingerprint density at radius 2 is 1.91 bits per heavy atom. The molecular formula is C8H15ClOSi. The van der Waals surface area contributed by atoms with Gasteiger partial charge in [0, 0.05) is 6.42 Å². The minimum atomic E-state index is -1.41. The van der Waals surface area contributed by atoms with Crippen molar-refractivity contribution in [3.05, 3.63) is 10.8 Å². The van der Waals surface area contributed by atoms with E-state index in [4.69, 9.17) is 16.0 Å². The molecule has 0 spiro atoms. The molecule has 0 aromatic carbocycles. The molecule has 0 amide bonds. The van der Waals surface area contributed by atoms with E-state index in [0.717, 1.165) is 23.6 Å². The van der Waals surface area contributed by atoms with Gasteiger partial charge in [-0.05, 0) is 32.5 Å². The van der Waals surface area contributed by atoms with Crippen molar-refractivity contribution in [3.63, 3.8) is 0 Å². The van der Waals surface area contributed by atoms with Crippen LogP contribution in [0, 0.1) is 0 Å². The van der Waals surface area contributed by atoms with Crippen molar-refractivity contribution in [1.29, 1.82) is 0 Å². The van der Waals surface area contributed by atoms with E-state index in [1.807, 2.05) is 0 Å². The van der Waals surface area contributed by atoms with Gasteiger partial charge in [-0.15, -0.1) is 0 Å². The molecule has 0 unspecified atom stereocenters. The maximum absolute atomic E-state index is 5.96. The summed E-state index contributed by atoms with van der Waals surface area (Å²) in [5, 5.41) is 0.951. The van der Waals surface area contributed by atoms with Gasteiger partial charge in [0.2, 0.25) is 8.32 Å². The molecule has 11 heavy (non-hydrogen) atoms. The second-order valence-corrected chi connectivity index (χ2v) is 8.78. The predicted molar refractivity (Wildman–Crippen MR) is 51.2 cm³/mol. The highest BCUT2D eigenvalue weighted by molar-refractivity contribution is 6.70. The first-order chi connectivity index (χ1) is 4.99. The highest BCUT2D eigenvalue weighted by Crippen LogP contribution is 2.31. The second-order valence-electron chi connectivity index (χ2n) is 3.90. The van der Waals surface area contributed by atoms with E-state index in [-0.39, 0.29) is 0 Å². The summed E-state index contributed by atoms with van der Waals surface area (Å²) in [6, 6.07) is 0. The van der Waals surface area contributed by atoms with Crippen LogP contribution < -0.4 is 0 Å². The van der Waals surface area contributed by atoms with E-state index >= 15 is 0 Å². The van der Waals surface area contributed by atoms with Crippen molar-refractivity contribution in [2.24, 2.45) is 0 Å². The smallest absolute Gasteiger partial charge is 0.241 e. The van der Waals surface area contributed by atoms with E-state index in [9.17, 15) is 0 Å². The van der Waals surface area contributed by atoms with E-state index in [1.54, 1.807) is 0 Å². The molecule has 0 aliphatic heterocycles. The predicted octanol–water partition coefficient (Wildman–Crippen LogP) is 3.47. The maximum atomic E-state index is 5.96. The first-order valence-corrected chi connectivity index (χ1v) is 7.84. The van der Waals surface area contributed by atoms with Crippen LogP contribution in [0.25, 0.3) is 0 Å². The molecule has 1 nitrogen and oxygen atoms in total. The Balaban J connectivity index is 2.56. The quantitative estimate of drug-likeness (QED) is 0.606. The number of allylic oxidation sites excluding steroid dienone is 2. The average molecular weight is 191 g/mol. The van der Waals surface area contributed by atoms with Crippen molar-refractivity contribution in [1.82, 2.24) is 0 Å². The van der Waals surface area contributed by atoms with E-state index in [1.165, 1.54) is 6.42 Å². The van der Waals surface area contributed by atoms with Crippen LogP contribution in [0.5, 0.6) is 0 Å². The van der Waals surface area contributed by atoms with Crippen molar-refractivity contribution in [2.45, 2.75) is 38.9 Å². The fraction of sp³-hybridized carbons (Fsp3) is 0.750. The van der Waals surface area contributed by atoms with Gasteiger partial charge in [-0.25, -0.2) is 0 Å². The molecule has 0 radical (unpaired) electrons. The van der Waals surface area contributed by atoms with Gasteiger partial charge in [0.25, 0.3) is 0 Å². The van der Waals surface area contributed by atoms with E-state index < -0.39 is 8.32 Å². The Labute approximate surface area is 74.5 Å². The normalized spacial score (nSPS) is 19.3. The molecule has 3 heteroatoms. The van der Waals surface area contributed by atoms with Gasteiger partial charge in [-0.1, -0.05) is 11.6 Å². The molecule has 0 atom stereocenters. The Morgan fingerprint density at radius 3 is 2.27 bits per heavy atom.